The largest absolute Gasteiger partial charge is 0.338 e. The molecule has 8 heteroatoms. The van der Waals surface area contributed by atoms with Gasteiger partial charge in [-0.1, -0.05) is 40.0 Å². The van der Waals surface area contributed by atoms with Gasteiger partial charge in [0.25, 0.3) is 0 Å². The normalized spacial score (nSPS) is 24.5. The van der Waals surface area contributed by atoms with Crippen molar-refractivity contribution >= 4 is 11.6 Å². The van der Waals surface area contributed by atoms with Gasteiger partial charge in [0.15, 0.2) is 0 Å². The Morgan fingerprint density at radius 1 is 1.20 bits per heavy atom. The van der Waals surface area contributed by atoms with Gasteiger partial charge in [-0.3, -0.25) is 9.48 Å². The van der Waals surface area contributed by atoms with Crippen LogP contribution in [0.3, 0.4) is 0 Å². The first kappa shape index (κ1) is 24.7. The van der Waals surface area contributed by atoms with E-state index in [1.807, 2.05) is 28.8 Å². The number of carbonyl (C=O) groups excluding carboxylic acids is 1. The Kier molecular flexibility index (Phi) is 6.58. The highest BCUT2D eigenvalue weighted by atomic mass is 19.1. The third-order valence-corrected chi connectivity index (χ3v) is 7.98. The van der Waals surface area contributed by atoms with Gasteiger partial charge in [-0.15, -0.1) is 0 Å². The molecule has 0 spiro atoms. The lowest BCUT2D eigenvalue weighted by Crippen LogP contribution is -2.57. The minimum Gasteiger partial charge on any atom is -0.338 e. The Morgan fingerprint density at radius 3 is 2.49 bits per heavy atom. The molecule has 1 saturated heterocycles. The number of benzene rings is 1. The number of hydrogen-bond donors (Lipinski definition) is 0. The van der Waals surface area contributed by atoms with Gasteiger partial charge < -0.3 is 4.90 Å². The van der Waals surface area contributed by atoms with Crippen LogP contribution in [-0.2, 0) is 4.79 Å². The quantitative estimate of drug-likeness (QED) is 0.352. The van der Waals surface area contributed by atoms with Crippen molar-refractivity contribution in [1.82, 2.24) is 14.7 Å². The van der Waals surface area contributed by atoms with Gasteiger partial charge in [0.2, 0.25) is 5.91 Å². The van der Waals surface area contributed by atoms with Gasteiger partial charge >= 0.3 is 0 Å². The highest BCUT2D eigenvalue weighted by Gasteiger charge is 2.58. The second-order valence-electron chi connectivity index (χ2n) is 10.1. The molecule has 1 amide bonds. The molecular formula is C27H31F2N5O. The van der Waals surface area contributed by atoms with Crippen molar-refractivity contribution in [1.29, 1.82) is 0 Å². The predicted molar refractivity (Wildman–Crippen MR) is 131 cm³/mol. The molecule has 6 nitrogen and oxygen atoms in total. The van der Waals surface area contributed by atoms with Crippen molar-refractivity contribution in [3.05, 3.63) is 84.9 Å². The van der Waals surface area contributed by atoms with Crippen molar-refractivity contribution in [2.45, 2.75) is 39.7 Å². The molecule has 1 saturated carbocycles. The summed E-state index contributed by atoms with van der Waals surface area (Å²) in [6, 6.07) is 5.74. The Bertz CT molecular complexity index is 1170. The van der Waals surface area contributed by atoms with Crippen LogP contribution in [0.15, 0.2) is 77.9 Å². The molecule has 35 heavy (non-hydrogen) atoms. The molecule has 1 aliphatic heterocycles. The zero-order valence-corrected chi connectivity index (χ0v) is 20.4. The van der Waals surface area contributed by atoms with E-state index in [0.29, 0.717) is 25.1 Å². The first-order valence-corrected chi connectivity index (χ1v) is 11.8. The van der Waals surface area contributed by atoms with Gasteiger partial charge in [0.1, 0.15) is 11.6 Å². The average Bonchev–Trinajstić information content (AvgIpc) is 3.37. The summed E-state index contributed by atoms with van der Waals surface area (Å²) >= 11 is 0. The Hall–Kier alpha value is -3.42. The zero-order chi connectivity index (χ0) is 25.4. The van der Waals surface area contributed by atoms with Gasteiger partial charge in [-0.05, 0) is 54.0 Å². The van der Waals surface area contributed by atoms with Crippen LogP contribution < -0.4 is 0 Å². The summed E-state index contributed by atoms with van der Waals surface area (Å²) in [5.74, 6) is -1.43. The average molecular weight is 480 g/mol. The number of aromatic nitrogens is 2. The molecule has 2 aliphatic rings. The molecule has 2 heterocycles. The SMILES string of the molecule is C=C/N=N\C(=C/C(=C)C1CC[C@](C)(C(=O)N2CC(n3cccn3)C2)C1(C)C)c1c(F)cccc1F. The number of azo groups is 1. The molecule has 4 rings (SSSR count). The molecular weight excluding hydrogens is 448 g/mol. The van der Waals surface area contributed by atoms with Crippen LogP contribution in [0.2, 0.25) is 0 Å². The lowest BCUT2D eigenvalue weighted by Gasteiger charge is -2.48. The fraction of sp³-hybridized carbons (Fsp3) is 0.407. The molecule has 2 fully saturated rings. The fourth-order valence-electron chi connectivity index (χ4n) is 5.44. The summed E-state index contributed by atoms with van der Waals surface area (Å²) in [6.45, 7) is 15.2. The van der Waals surface area contributed by atoms with Crippen molar-refractivity contribution in [2.75, 3.05) is 13.1 Å². The van der Waals surface area contributed by atoms with Gasteiger partial charge in [-0.2, -0.15) is 15.3 Å². The van der Waals surface area contributed by atoms with E-state index < -0.39 is 22.5 Å². The number of likely N-dealkylation sites (tertiary alicyclic amines) is 1. The first-order valence-electron chi connectivity index (χ1n) is 11.8. The van der Waals surface area contributed by atoms with Crippen LogP contribution in [0.1, 0.15) is 45.2 Å². The highest BCUT2D eigenvalue weighted by molar-refractivity contribution is 5.84. The summed E-state index contributed by atoms with van der Waals surface area (Å²) in [7, 11) is 0. The van der Waals surface area contributed by atoms with Crippen molar-refractivity contribution in [3.8, 4) is 0 Å². The Balaban J connectivity index is 1.56. The van der Waals surface area contributed by atoms with E-state index in [9.17, 15) is 13.6 Å². The second-order valence-corrected chi connectivity index (χ2v) is 10.1. The van der Waals surface area contributed by atoms with E-state index in [2.05, 4.69) is 42.3 Å². The van der Waals surface area contributed by atoms with Crippen molar-refractivity contribution < 1.29 is 13.6 Å². The smallest absolute Gasteiger partial charge is 0.229 e. The third kappa shape index (κ3) is 4.26. The van der Waals surface area contributed by atoms with E-state index >= 15 is 0 Å². The van der Waals surface area contributed by atoms with E-state index in [0.717, 1.165) is 6.42 Å². The van der Waals surface area contributed by atoms with E-state index in [-0.39, 0.29) is 29.1 Å². The minimum absolute atomic E-state index is 0.0334. The number of allylic oxidation sites excluding steroid dienone is 2. The van der Waals surface area contributed by atoms with Crippen molar-refractivity contribution in [2.24, 2.45) is 27.0 Å². The van der Waals surface area contributed by atoms with Gasteiger partial charge in [0, 0.05) is 31.7 Å². The van der Waals surface area contributed by atoms with Crippen LogP contribution in [-0.4, -0.2) is 33.7 Å². The molecule has 0 radical (unpaired) electrons. The number of nitrogens with zero attached hydrogens (tertiary/aromatic N) is 5. The molecule has 1 aliphatic carbocycles. The first-order chi connectivity index (χ1) is 16.6. The highest BCUT2D eigenvalue weighted by Crippen LogP contribution is 2.59. The summed E-state index contributed by atoms with van der Waals surface area (Å²) in [6.07, 6.45) is 7.86. The lowest BCUT2D eigenvalue weighted by atomic mass is 9.63. The Morgan fingerprint density at radius 2 is 1.89 bits per heavy atom. The lowest BCUT2D eigenvalue weighted by molar-refractivity contribution is -0.153. The second kappa shape index (κ2) is 9.32. The number of amides is 1. The van der Waals surface area contributed by atoms with Gasteiger partial charge in [-0.25, -0.2) is 8.78 Å². The number of carbonyl (C=O) groups is 1. The summed E-state index contributed by atoms with van der Waals surface area (Å²) in [4.78, 5) is 15.5. The maximum Gasteiger partial charge on any atom is 0.229 e. The zero-order valence-electron chi connectivity index (χ0n) is 20.4. The van der Waals surface area contributed by atoms with Crippen LogP contribution >= 0.6 is 0 Å². The Labute approximate surface area is 204 Å². The summed E-state index contributed by atoms with van der Waals surface area (Å²) in [5, 5.41) is 12.0. The molecule has 2 aromatic rings. The molecule has 0 N–H and O–H groups in total. The summed E-state index contributed by atoms with van der Waals surface area (Å²) < 4.78 is 30.9. The van der Waals surface area contributed by atoms with Crippen LogP contribution in [0.4, 0.5) is 8.78 Å². The number of halogens is 2. The molecule has 2 atom stereocenters. The molecule has 1 aromatic heterocycles. The number of rotatable bonds is 7. The molecule has 1 unspecified atom stereocenters. The molecule has 1 aromatic carbocycles. The van der Waals surface area contributed by atoms with Crippen LogP contribution in [0.25, 0.3) is 5.70 Å². The topological polar surface area (TPSA) is 62.9 Å². The molecule has 184 valence electrons. The summed E-state index contributed by atoms with van der Waals surface area (Å²) in [5.41, 5.74) is -0.617. The monoisotopic (exact) mass is 479 g/mol. The van der Waals surface area contributed by atoms with E-state index in [4.69, 9.17) is 0 Å². The maximum atomic E-state index is 14.5. The number of hydrogen-bond acceptors (Lipinski definition) is 4. The third-order valence-electron chi connectivity index (χ3n) is 7.98. The fourth-order valence-corrected chi connectivity index (χ4v) is 5.44. The predicted octanol–water partition coefficient (Wildman–Crippen LogP) is 6.18. The standard InChI is InChI=1S/C27H31F2N5O/c1-6-30-32-23(24-21(28)9-7-10-22(24)29)15-18(2)20-11-12-27(5,26(20,3)4)25(35)33-16-19(17-33)34-14-8-13-31-34/h6-10,13-15,19-20H,1-2,11-12,16-17H2,3-5H3/b23-15-,32-30-/t20?,27-/m1/s1. The molecule has 0 bridgehead atoms. The van der Waals surface area contributed by atoms with E-state index in [1.165, 1.54) is 24.4 Å². The van der Waals surface area contributed by atoms with Crippen LogP contribution in [0, 0.1) is 28.4 Å². The van der Waals surface area contributed by atoms with Crippen LogP contribution in [0.5, 0.6) is 0 Å². The van der Waals surface area contributed by atoms with Gasteiger partial charge in [0.05, 0.1) is 22.7 Å². The minimum atomic E-state index is -0.734. The maximum absolute atomic E-state index is 14.5. The van der Waals surface area contributed by atoms with Crippen molar-refractivity contribution in [3.63, 3.8) is 0 Å². The van der Waals surface area contributed by atoms with E-state index in [1.54, 1.807) is 12.3 Å².